The van der Waals surface area contributed by atoms with Crippen LogP contribution in [0.4, 0.5) is 16.0 Å². The van der Waals surface area contributed by atoms with E-state index in [2.05, 4.69) is 9.97 Å². The Labute approximate surface area is 118 Å². The van der Waals surface area contributed by atoms with Crippen LogP contribution in [0.2, 0.25) is 0 Å². The number of aromatic nitrogens is 2. The Balaban J connectivity index is 2.38. The van der Waals surface area contributed by atoms with Gasteiger partial charge < -0.3 is 15.2 Å². The molecule has 2 N–H and O–H groups in total. The Morgan fingerprint density at radius 1 is 1.29 bits per heavy atom. The van der Waals surface area contributed by atoms with Gasteiger partial charge in [0, 0.05) is 5.56 Å². The first-order valence-corrected chi connectivity index (χ1v) is 5.71. The number of anilines is 1. The first kappa shape index (κ1) is 14.4. The van der Waals surface area contributed by atoms with E-state index >= 15 is 0 Å². The largest absolute Gasteiger partial charge is 0.481 e. The average molecular weight is 294 g/mol. The second-order valence-corrected chi connectivity index (χ2v) is 4.04. The standard InChI is InChI=1S/C12H11FN4O4/c1-6-3-9(7(13)4-8(6)17(18)19)21-11-5-10(20-2)15-12(14)16-11/h3-5H,1-2H3,(H2,14,15,16). The second-order valence-electron chi connectivity index (χ2n) is 4.04. The zero-order valence-corrected chi connectivity index (χ0v) is 11.2. The van der Waals surface area contributed by atoms with E-state index in [0.717, 1.165) is 6.07 Å². The van der Waals surface area contributed by atoms with Crippen molar-refractivity contribution >= 4 is 11.6 Å². The van der Waals surface area contributed by atoms with Crippen molar-refractivity contribution < 1.29 is 18.8 Å². The molecule has 0 aliphatic rings. The van der Waals surface area contributed by atoms with Crippen LogP contribution in [0.3, 0.4) is 0 Å². The number of rotatable bonds is 4. The van der Waals surface area contributed by atoms with Gasteiger partial charge in [0.1, 0.15) is 0 Å². The summed E-state index contributed by atoms with van der Waals surface area (Å²) in [6, 6.07) is 3.30. The highest BCUT2D eigenvalue weighted by atomic mass is 19.1. The molecule has 2 aromatic rings. The van der Waals surface area contributed by atoms with Gasteiger partial charge in [-0.3, -0.25) is 10.1 Å². The summed E-state index contributed by atoms with van der Waals surface area (Å²) >= 11 is 0. The third kappa shape index (κ3) is 3.14. The molecule has 0 saturated carbocycles. The first-order chi connectivity index (χ1) is 9.90. The molecule has 1 aromatic heterocycles. The minimum absolute atomic E-state index is 0.0356. The van der Waals surface area contributed by atoms with E-state index in [9.17, 15) is 14.5 Å². The fourth-order valence-electron chi connectivity index (χ4n) is 1.61. The molecule has 0 atom stereocenters. The van der Waals surface area contributed by atoms with Crippen LogP contribution in [0.25, 0.3) is 0 Å². The zero-order valence-electron chi connectivity index (χ0n) is 11.2. The number of aryl methyl sites for hydroxylation is 1. The van der Waals surface area contributed by atoms with Crippen LogP contribution >= 0.6 is 0 Å². The van der Waals surface area contributed by atoms with E-state index in [1.165, 1.54) is 26.2 Å². The number of ether oxygens (including phenoxy) is 2. The molecule has 0 unspecified atom stereocenters. The topological polar surface area (TPSA) is 113 Å². The molecule has 0 bridgehead atoms. The van der Waals surface area contributed by atoms with Crippen molar-refractivity contribution in [2.24, 2.45) is 0 Å². The average Bonchev–Trinajstić information content (AvgIpc) is 2.41. The third-order valence-corrected chi connectivity index (χ3v) is 2.57. The number of nitrogen functional groups attached to an aromatic ring is 1. The Bertz CT molecular complexity index is 708. The molecule has 0 saturated heterocycles. The molecule has 0 aliphatic heterocycles. The highest BCUT2D eigenvalue weighted by Crippen LogP contribution is 2.30. The molecule has 0 spiro atoms. The zero-order chi connectivity index (χ0) is 15.6. The van der Waals surface area contributed by atoms with Crippen LogP contribution in [0.15, 0.2) is 18.2 Å². The Morgan fingerprint density at radius 3 is 2.57 bits per heavy atom. The van der Waals surface area contributed by atoms with E-state index in [1.807, 2.05) is 0 Å². The lowest BCUT2D eigenvalue weighted by Crippen LogP contribution is -2.01. The summed E-state index contributed by atoms with van der Waals surface area (Å²) in [5.74, 6) is -1.09. The molecule has 21 heavy (non-hydrogen) atoms. The second kappa shape index (κ2) is 5.57. The van der Waals surface area contributed by atoms with E-state index < -0.39 is 10.7 Å². The van der Waals surface area contributed by atoms with Gasteiger partial charge in [-0.1, -0.05) is 0 Å². The fraction of sp³-hybridized carbons (Fsp3) is 0.167. The van der Waals surface area contributed by atoms with Gasteiger partial charge in [0.05, 0.1) is 24.2 Å². The fourth-order valence-corrected chi connectivity index (χ4v) is 1.61. The summed E-state index contributed by atoms with van der Waals surface area (Å²) in [5.41, 5.74) is 5.38. The Hall–Kier alpha value is -2.97. The number of benzene rings is 1. The predicted molar refractivity (Wildman–Crippen MR) is 70.9 cm³/mol. The number of halogens is 1. The van der Waals surface area contributed by atoms with Crippen LogP contribution in [-0.2, 0) is 0 Å². The predicted octanol–water partition coefficient (Wildman–Crippen LogP) is 2.22. The summed E-state index contributed by atoms with van der Waals surface area (Å²) in [5, 5.41) is 10.7. The van der Waals surface area contributed by atoms with E-state index in [0.29, 0.717) is 0 Å². The van der Waals surface area contributed by atoms with Crippen LogP contribution in [0.5, 0.6) is 17.5 Å². The Morgan fingerprint density at radius 2 is 1.95 bits per heavy atom. The van der Waals surface area contributed by atoms with Gasteiger partial charge in [0.2, 0.25) is 17.7 Å². The number of nitrogens with zero attached hydrogens (tertiary/aromatic N) is 3. The Kier molecular flexibility index (Phi) is 3.83. The number of hydrogen-bond acceptors (Lipinski definition) is 7. The highest BCUT2D eigenvalue weighted by molar-refractivity contribution is 5.46. The van der Waals surface area contributed by atoms with Crippen molar-refractivity contribution in [1.29, 1.82) is 0 Å². The molecule has 2 rings (SSSR count). The van der Waals surface area contributed by atoms with Crippen molar-refractivity contribution in [3.05, 3.63) is 39.7 Å². The lowest BCUT2D eigenvalue weighted by molar-refractivity contribution is -0.385. The summed E-state index contributed by atoms with van der Waals surface area (Å²) in [6.45, 7) is 1.47. The minimum Gasteiger partial charge on any atom is -0.481 e. The molecular formula is C12H11FN4O4. The molecular weight excluding hydrogens is 283 g/mol. The lowest BCUT2D eigenvalue weighted by atomic mass is 10.2. The first-order valence-electron chi connectivity index (χ1n) is 5.71. The number of nitrogens with two attached hydrogens (primary N) is 1. The normalized spacial score (nSPS) is 10.2. The van der Waals surface area contributed by atoms with Crippen LogP contribution in [0.1, 0.15) is 5.56 Å². The molecule has 8 nitrogen and oxygen atoms in total. The molecule has 110 valence electrons. The van der Waals surface area contributed by atoms with Gasteiger partial charge in [-0.2, -0.15) is 9.97 Å². The van der Waals surface area contributed by atoms with Crippen LogP contribution < -0.4 is 15.2 Å². The quantitative estimate of drug-likeness (QED) is 0.679. The third-order valence-electron chi connectivity index (χ3n) is 2.57. The van der Waals surface area contributed by atoms with Gasteiger partial charge >= 0.3 is 0 Å². The van der Waals surface area contributed by atoms with Gasteiger partial charge in [-0.25, -0.2) is 4.39 Å². The maximum atomic E-state index is 13.8. The lowest BCUT2D eigenvalue weighted by Gasteiger charge is -2.08. The van der Waals surface area contributed by atoms with Crippen LogP contribution in [-0.4, -0.2) is 22.0 Å². The number of methoxy groups -OCH3 is 1. The summed E-state index contributed by atoms with van der Waals surface area (Å²) in [6.07, 6.45) is 0. The summed E-state index contributed by atoms with van der Waals surface area (Å²) < 4.78 is 23.9. The molecule has 1 heterocycles. The smallest absolute Gasteiger partial charge is 0.275 e. The highest BCUT2D eigenvalue weighted by Gasteiger charge is 2.17. The molecule has 9 heteroatoms. The molecule has 0 amide bonds. The maximum Gasteiger partial charge on any atom is 0.275 e. The molecule has 0 aliphatic carbocycles. The van der Waals surface area contributed by atoms with E-state index in [1.54, 1.807) is 0 Å². The van der Waals surface area contributed by atoms with Gasteiger partial charge in [0.15, 0.2) is 11.6 Å². The monoisotopic (exact) mass is 294 g/mol. The van der Waals surface area contributed by atoms with Crippen molar-refractivity contribution in [2.75, 3.05) is 12.8 Å². The number of nitro groups is 1. The maximum absolute atomic E-state index is 13.8. The summed E-state index contributed by atoms with van der Waals surface area (Å²) in [7, 11) is 1.38. The van der Waals surface area contributed by atoms with Gasteiger partial charge in [-0.05, 0) is 13.0 Å². The SMILES string of the molecule is COc1cc(Oc2cc(C)c([N+](=O)[O-])cc2F)nc(N)n1. The van der Waals surface area contributed by atoms with E-state index in [-0.39, 0.29) is 34.7 Å². The van der Waals surface area contributed by atoms with Gasteiger partial charge in [-0.15, -0.1) is 0 Å². The van der Waals surface area contributed by atoms with Crippen molar-refractivity contribution in [1.82, 2.24) is 9.97 Å². The van der Waals surface area contributed by atoms with Gasteiger partial charge in [0.25, 0.3) is 5.69 Å². The number of hydrogen-bond donors (Lipinski definition) is 1. The van der Waals surface area contributed by atoms with Crippen molar-refractivity contribution in [3.8, 4) is 17.5 Å². The van der Waals surface area contributed by atoms with Crippen molar-refractivity contribution in [2.45, 2.75) is 6.92 Å². The summed E-state index contributed by atoms with van der Waals surface area (Å²) in [4.78, 5) is 17.6. The van der Waals surface area contributed by atoms with Crippen molar-refractivity contribution in [3.63, 3.8) is 0 Å². The number of nitro benzene ring substituents is 1. The molecule has 1 aromatic carbocycles. The van der Waals surface area contributed by atoms with Crippen LogP contribution in [0, 0.1) is 22.9 Å². The molecule has 0 fully saturated rings. The minimum atomic E-state index is -0.886. The van der Waals surface area contributed by atoms with E-state index in [4.69, 9.17) is 15.2 Å². The molecule has 0 radical (unpaired) electrons.